The Morgan fingerprint density at radius 1 is 0.950 bits per heavy atom. The highest BCUT2D eigenvalue weighted by Gasteiger charge is 2.20. The van der Waals surface area contributed by atoms with Crippen LogP contribution >= 0.6 is 15.9 Å². The van der Waals surface area contributed by atoms with Crippen LogP contribution in [0.5, 0.6) is 0 Å². The highest BCUT2D eigenvalue weighted by Crippen LogP contribution is 2.30. The van der Waals surface area contributed by atoms with E-state index < -0.39 is 23.5 Å². The molecule has 1 unspecified atom stereocenters. The van der Waals surface area contributed by atoms with Gasteiger partial charge in [-0.1, -0.05) is 22.0 Å². The summed E-state index contributed by atoms with van der Waals surface area (Å²) >= 11 is 3.36. The van der Waals surface area contributed by atoms with Crippen LogP contribution in [-0.2, 0) is 0 Å². The third kappa shape index (κ3) is 2.88. The Kier molecular flexibility index (Phi) is 4.50. The summed E-state index contributed by atoms with van der Waals surface area (Å²) < 4.78 is 41.2. The molecule has 5 heteroatoms. The van der Waals surface area contributed by atoms with E-state index in [-0.39, 0.29) is 5.56 Å². The van der Waals surface area contributed by atoms with Crippen molar-refractivity contribution in [3.63, 3.8) is 0 Å². The zero-order chi connectivity index (χ0) is 14.9. The average Bonchev–Trinajstić information content (AvgIpc) is 2.40. The summed E-state index contributed by atoms with van der Waals surface area (Å²) in [6.07, 6.45) is 0. The first kappa shape index (κ1) is 15.1. The first-order chi connectivity index (χ1) is 9.43. The van der Waals surface area contributed by atoms with Crippen molar-refractivity contribution in [1.29, 1.82) is 0 Å². The zero-order valence-corrected chi connectivity index (χ0v) is 12.6. The SMILES string of the molecule is CNC(c1cc(Br)ccc1C)c1cc(F)c(F)cc1F. The fourth-order valence-corrected chi connectivity index (χ4v) is 2.54. The first-order valence-electron chi connectivity index (χ1n) is 6.01. The summed E-state index contributed by atoms with van der Waals surface area (Å²) in [7, 11) is 1.64. The minimum atomic E-state index is -1.19. The molecule has 0 saturated carbocycles. The number of benzene rings is 2. The predicted molar refractivity (Wildman–Crippen MR) is 76.1 cm³/mol. The van der Waals surface area contributed by atoms with Crippen LogP contribution in [0.3, 0.4) is 0 Å². The predicted octanol–water partition coefficient (Wildman–Crippen LogP) is 4.48. The fourth-order valence-electron chi connectivity index (χ4n) is 2.16. The number of rotatable bonds is 3. The summed E-state index contributed by atoms with van der Waals surface area (Å²) in [5.74, 6) is -3.02. The molecule has 2 aromatic carbocycles. The van der Waals surface area contributed by atoms with Gasteiger partial charge in [0, 0.05) is 16.1 Å². The van der Waals surface area contributed by atoms with Gasteiger partial charge in [0.1, 0.15) is 5.82 Å². The van der Waals surface area contributed by atoms with Crippen LogP contribution in [-0.4, -0.2) is 7.05 Å². The Balaban J connectivity index is 2.58. The van der Waals surface area contributed by atoms with Crippen LogP contribution in [0.1, 0.15) is 22.7 Å². The van der Waals surface area contributed by atoms with Crippen LogP contribution in [0.4, 0.5) is 13.2 Å². The normalized spacial score (nSPS) is 12.5. The Morgan fingerprint density at radius 3 is 2.25 bits per heavy atom. The highest BCUT2D eigenvalue weighted by molar-refractivity contribution is 9.10. The standard InChI is InChI=1S/C15H13BrF3N/c1-8-3-4-9(16)5-10(8)15(20-2)11-6-13(18)14(19)7-12(11)17/h3-7,15,20H,1-2H3. The third-order valence-electron chi connectivity index (χ3n) is 3.19. The summed E-state index contributed by atoms with van der Waals surface area (Å²) in [6, 6.07) is 6.49. The van der Waals surface area contributed by atoms with Crippen molar-refractivity contribution in [2.75, 3.05) is 7.05 Å². The van der Waals surface area contributed by atoms with Gasteiger partial charge in [-0.05, 0) is 43.3 Å². The molecule has 0 amide bonds. The highest BCUT2D eigenvalue weighted by atomic mass is 79.9. The molecule has 0 aliphatic heterocycles. The maximum atomic E-state index is 13.9. The molecule has 0 radical (unpaired) electrons. The maximum absolute atomic E-state index is 13.9. The molecule has 0 spiro atoms. The van der Waals surface area contributed by atoms with E-state index >= 15 is 0 Å². The van der Waals surface area contributed by atoms with E-state index in [0.717, 1.165) is 21.7 Å². The Bertz CT molecular complexity index is 643. The molecule has 1 N–H and O–H groups in total. The molecular formula is C15H13BrF3N. The largest absolute Gasteiger partial charge is 0.309 e. The van der Waals surface area contributed by atoms with E-state index in [9.17, 15) is 13.2 Å². The molecule has 2 rings (SSSR count). The van der Waals surface area contributed by atoms with Crippen molar-refractivity contribution in [2.24, 2.45) is 0 Å². The van der Waals surface area contributed by atoms with E-state index in [0.29, 0.717) is 6.07 Å². The quantitative estimate of drug-likeness (QED) is 0.810. The lowest BCUT2D eigenvalue weighted by Crippen LogP contribution is -2.20. The number of hydrogen-bond donors (Lipinski definition) is 1. The van der Waals surface area contributed by atoms with Gasteiger partial charge in [-0.25, -0.2) is 13.2 Å². The molecule has 106 valence electrons. The van der Waals surface area contributed by atoms with Crippen molar-refractivity contribution >= 4 is 15.9 Å². The number of nitrogens with one attached hydrogen (secondary N) is 1. The monoisotopic (exact) mass is 343 g/mol. The summed E-state index contributed by atoms with van der Waals surface area (Å²) in [4.78, 5) is 0. The van der Waals surface area contributed by atoms with E-state index in [2.05, 4.69) is 21.2 Å². The summed E-state index contributed by atoms with van der Waals surface area (Å²) in [5.41, 5.74) is 1.80. The second-order valence-corrected chi connectivity index (χ2v) is 5.43. The second kappa shape index (κ2) is 5.97. The van der Waals surface area contributed by atoms with Crippen molar-refractivity contribution < 1.29 is 13.2 Å². The number of hydrogen-bond acceptors (Lipinski definition) is 1. The zero-order valence-electron chi connectivity index (χ0n) is 11.0. The topological polar surface area (TPSA) is 12.0 Å². The van der Waals surface area contributed by atoms with E-state index in [4.69, 9.17) is 0 Å². The first-order valence-corrected chi connectivity index (χ1v) is 6.81. The molecule has 1 atom stereocenters. The van der Waals surface area contributed by atoms with Gasteiger partial charge in [0.25, 0.3) is 0 Å². The molecule has 0 fully saturated rings. The van der Waals surface area contributed by atoms with Crippen LogP contribution in [0.2, 0.25) is 0 Å². The molecule has 0 aromatic heterocycles. The summed E-state index contributed by atoms with van der Waals surface area (Å²) in [5, 5.41) is 2.94. The smallest absolute Gasteiger partial charge is 0.161 e. The van der Waals surface area contributed by atoms with Crippen molar-refractivity contribution in [3.8, 4) is 0 Å². The van der Waals surface area contributed by atoms with Crippen LogP contribution in [0, 0.1) is 24.4 Å². The van der Waals surface area contributed by atoms with E-state index in [1.807, 2.05) is 25.1 Å². The number of halogens is 4. The molecule has 20 heavy (non-hydrogen) atoms. The van der Waals surface area contributed by atoms with Gasteiger partial charge in [-0.15, -0.1) is 0 Å². The van der Waals surface area contributed by atoms with Gasteiger partial charge >= 0.3 is 0 Å². The minimum absolute atomic E-state index is 0.0765. The van der Waals surface area contributed by atoms with Crippen molar-refractivity contribution in [1.82, 2.24) is 5.32 Å². The molecule has 0 saturated heterocycles. The lowest BCUT2D eigenvalue weighted by molar-refractivity contribution is 0.483. The van der Waals surface area contributed by atoms with E-state index in [1.54, 1.807) is 7.05 Å². The Labute approximate surface area is 123 Å². The lowest BCUT2D eigenvalue weighted by atomic mass is 9.94. The number of aryl methyl sites for hydroxylation is 1. The van der Waals surface area contributed by atoms with Gasteiger partial charge < -0.3 is 5.32 Å². The fraction of sp³-hybridized carbons (Fsp3) is 0.200. The van der Waals surface area contributed by atoms with Gasteiger partial charge in [-0.2, -0.15) is 0 Å². The van der Waals surface area contributed by atoms with Gasteiger partial charge in [0.2, 0.25) is 0 Å². The third-order valence-corrected chi connectivity index (χ3v) is 3.68. The Morgan fingerprint density at radius 2 is 1.60 bits per heavy atom. The van der Waals surface area contributed by atoms with Crippen molar-refractivity contribution in [2.45, 2.75) is 13.0 Å². The van der Waals surface area contributed by atoms with Crippen molar-refractivity contribution in [3.05, 3.63) is 68.9 Å². The maximum Gasteiger partial charge on any atom is 0.161 e. The molecule has 2 aromatic rings. The second-order valence-electron chi connectivity index (χ2n) is 4.51. The molecule has 0 aliphatic rings. The molecule has 0 aliphatic carbocycles. The molecule has 1 nitrogen and oxygen atoms in total. The molecule has 0 heterocycles. The molecule has 0 bridgehead atoms. The minimum Gasteiger partial charge on any atom is -0.309 e. The molecular weight excluding hydrogens is 331 g/mol. The van der Waals surface area contributed by atoms with E-state index in [1.165, 1.54) is 0 Å². The van der Waals surface area contributed by atoms with Crippen LogP contribution in [0.15, 0.2) is 34.8 Å². The van der Waals surface area contributed by atoms with Gasteiger partial charge in [-0.3, -0.25) is 0 Å². The van der Waals surface area contributed by atoms with Gasteiger partial charge in [0.15, 0.2) is 11.6 Å². The van der Waals surface area contributed by atoms with Gasteiger partial charge in [0.05, 0.1) is 6.04 Å². The summed E-state index contributed by atoms with van der Waals surface area (Å²) in [6.45, 7) is 1.88. The van der Waals surface area contributed by atoms with Crippen LogP contribution < -0.4 is 5.32 Å². The van der Waals surface area contributed by atoms with Crippen LogP contribution in [0.25, 0.3) is 0 Å². The average molecular weight is 344 g/mol. The Hall–Kier alpha value is -1.33. The lowest BCUT2D eigenvalue weighted by Gasteiger charge is -2.20.